The maximum atomic E-state index is 2.79. The summed E-state index contributed by atoms with van der Waals surface area (Å²) in [6.45, 7) is 6.10. The fourth-order valence-corrected chi connectivity index (χ4v) is 7.37. The first-order chi connectivity index (χ1) is 11.7. The van der Waals surface area contributed by atoms with E-state index in [1.54, 1.807) is 22.4 Å². The molecule has 0 N–H and O–H groups in total. The van der Waals surface area contributed by atoms with Gasteiger partial charge in [0.1, 0.15) is 12.6 Å². The molecular formula is C22H27N2+. The molecule has 2 bridgehead atoms. The van der Waals surface area contributed by atoms with E-state index in [0.717, 1.165) is 12.0 Å². The second-order valence-corrected chi connectivity index (χ2v) is 8.93. The van der Waals surface area contributed by atoms with Gasteiger partial charge in [-0.15, -0.1) is 0 Å². The van der Waals surface area contributed by atoms with Gasteiger partial charge in [0.15, 0.2) is 0 Å². The first-order valence-corrected chi connectivity index (χ1v) is 9.74. The molecule has 4 aliphatic heterocycles. The van der Waals surface area contributed by atoms with E-state index in [0.29, 0.717) is 11.5 Å². The van der Waals surface area contributed by atoms with Gasteiger partial charge in [-0.25, -0.2) is 0 Å². The molecule has 24 heavy (non-hydrogen) atoms. The number of allylic oxidation sites excluding steroid dienone is 1. The number of piperidine rings is 1. The predicted molar refractivity (Wildman–Crippen MR) is 98.1 cm³/mol. The molecular weight excluding hydrogens is 292 g/mol. The van der Waals surface area contributed by atoms with E-state index in [2.05, 4.69) is 55.3 Å². The van der Waals surface area contributed by atoms with Crippen molar-refractivity contribution < 1.29 is 4.48 Å². The average Bonchev–Trinajstić information content (AvgIpc) is 3.11. The molecule has 5 aliphatic rings. The second-order valence-electron chi connectivity index (χ2n) is 8.93. The van der Waals surface area contributed by atoms with Gasteiger partial charge in [0.25, 0.3) is 0 Å². The summed E-state index contributed by atoms with van der Waals surface area (Å²) in [5, 5.41) is 0. The molecule has 1 aromatic carbocycles. The lowest BCUT2D eigenvalue weighted by atomic mass is 9.57. The molecule has 124 valence electrons. The standard InChI is InChI=1S/C22H27N2/c1-3-15-14-24(2)12-10-22-18-8-4-5-9-19(18)23-11-6-7-16(21(22)23)17(15)13-20(22)24/h3-5,7-9,17,20-21H,6,10-14H2,1-2H3/q+1/b15-3+/t17-,20-,21-,22-,24?/m0/s1. The monoisotopic (exact) mass is 319 g/mol. The van der Waals surface area contributed by atoms with Gasteiger partial charge >= 0.3 is 0 Å². The van der Waals surface area contributed by atoms with Gasteiger partial charge in [0, 0.05) is 31.0 Å². The number of fused-ring (bicyclic) bond motifs is 4. The molecule has 1 spiro atoms. The van der Waals surface area contributed by atoms with Crippen molar-refractivity contribution in [2.45, 2.75) is 43.7 Å². The zero-order valence-corrected chi connectivity index (χ0v) is 14.8. The van der Waals surface area contributed by atoms with Crippen molar-refractivity contribution in [2.24, 2.45) is 5.92 Å². The summed E-state index contributed by atoms with van der Waals surface area (Å²) >= 11 is 0. The molecule has 1 aromatic rings. The highest BCUT2D eigenvalue weighted by atomic mass is 15.4. The number of hydrogen-bond donors (Lipinski definition) is 0. The molecule has 1 saturated carbocycles. The van der Waals surface area contributed by atoms with E-state index < -0.39 is 0 Å². The molecule has 1 aliphatic carbocycles. The van der Waals surface area contributed by atoms with Crippen LogP contribution in [0, 0.1) is 5.92 Å². The lowest BCUT2D eigenvalue weighted by Crippen LogP contribution is -2.67. The van der Waals surface area contributed by atoms with Crippen molar-refractivity contribution >= 4 is 5.69 Å². The van der Waals surface area contributed by atoms with Crippen LogP contribution in [0.3, 0.4) is 0 Å². The van der Waals surface area contributed by atoms with E-state index in [-0.39, 0.29) is 0 Å². The molecule has 0 amide bonds. The Bertz CT molecular complexity index is 806. The van der Waals surface area contributed by atoms with Crippen LogP contribution in [-0.4, -0.2) is 43.2 Å². The summed E-state index contributed by atoms with van der Waals surface area (Å²) in [7, 11) is 2.54. The molecule has 0 aromatic heterocycles. The Balaban J connectivity index is 1.67. The Morgan fingerprint density at radius 2 is 2.17 bits per heavy atom. The maximum absolute atomic E-state index is 2.79. The van der Waals surface area contributed by atoms with Crippen molar-refractivity contribution in [3.8, 4) is 0 Å². The first-order valence-electron chi connectivity index (χ1n) is 9.74. The molecule has 6 rings (SSSR count). The Labute approximate surface area is 145 Å². The largest absolute Gasteiger partial charge is 0.363 e. The van der Waals surface area contributed by atoms with Crippen LogP contribution in [0.5, 0.6) is 0 Å². The van der Waals surface area contributed by atoms with E-state index in [4.69, 9.17) is 0 Å². The zero-order valence-electron chi connectivity index (χ0n) is 14.8. The minimum atomic E-state index is 0.382. The quantitative estimate of drug-likeness (QED) is 0.521. The van der Waals surface area contributed by atoms with Gasteiger partial charge in [0.2, 0.25) is 0 Å². The topological polar surface area (TPSA) is 3.24 Å². The van der Waals surface area contributed by atoms with Crippen LogP contribution in [0.15, 0.2) is 47.6 Å². The Hall–Kier alpha value is -1.54. The van der Waals surface area contributed by atoms with E-state index in [1.807, 2.05) is 0 Å². The number of rotatable bonds is 0. The lowest BCUT2D eigenvalue weighted by Gasteiger charge is -2.56. The summed E-state index contributed by atoms with van der Waals surface area (Å²) in [6.07, 6.45) is 9.04. The minimum Gasteiger partial charge on any atom is -0.363 e. The smallest absolute Gasteiger partial charge is 0.102 e. The number of para-hydroxylation sites is 1. The predicted octanol–water partition coefficient (Wildman–Crippen LogP) is 3.64. The molecule has 2 heteroatoms. The first kappa shape index (κ1) is 13.7. The van der Waals surface area contributed by atoms with Crippen molar-refractivity contribution in [2.75, 3.05) is 31.6 Å². The highest BCUT2D eigenvalue weighted by Crippen LogP contribution is 2.65. The summed E-state index contributed by atoms with van der Waals surface area (Å²) in [5.74, 6) is 0.722. The third-order valence-corrected chi connectivity index (χ3v) is 8.19. The zero-order chi connectivity index (χ0) is 16.1. The number of anilines is 1. The van der Waals surface area contributed by atoms with Crippen molar-refractivity contribution in [1.82, 2.24) is 0 Å². The molecule has 2 nitrogen and oxygen atoms in total. The van der Waals surface area contributed by atoms with Crippen LogP contribution in [-0.2, 0) is 5.41 Å². The maximum Gasteiger partial charge on any atom is 0.102 e. The van der Waals surface area contributed by atoms with Crippen molar-refractivity contribution in [1.29, 1.82) is 0 Å². The Morgan fingerprint density at radius 3 is 3.04 bits per heavy atom. The molecule has 0 radical (unpaired) electrons. The molecule has 1 unspecified atom stereocenters. The van der Waals surface area contributed by atoms with Gasteiger partial charge in [-0.05, 0) is 36.1 Å². The summed E-state index contributed by atoms with van der Waals surface area (Å²) in [6, 6.07) is 10.8. The number of likely N-dealkylation sites (N-methyl/N-ethyl adjacent to an activating group) is 1. The highest BCUT2D eigenvalue weighted by Gasteiger charge is 2.71. The van der Waals surface area contributed by atoms with Crippen molar-refractivity contribution in [3.05, 3.63) is 53.1 Å². The third-order valence-electron chi connectivity index (χ3n) is 8.19. The van der Waals surface area contributed by atoms with Gasteiger partial charge in [-0.1, -0.05) is 30.4 Å². The average molecular weight is 319 g/mol. The van der Waals surface area contributed by atoms with Gasteiger partial charge < -0.3 is 9.38 Å². The minimum absolute atomic E-state index is 0.382. The van der Waals surface area contributed by atoms with E-state index >= 15 is 0 Å². The molecule has 5 atom stereocenters. The van der Waals surface area contributed by atoms with E-state index in [1.165, 1.54) is 43.4 Å². The van der Waals surface area contributed by atoms with E-state index in [9.17, 15) is 0 Å². The number of hydrogen-bond acceptors (Lipinski definition) is 1. The fraction of sp³-hybridized carbons (Fsp3) is 0.545. The van der Waals surface area contributed by atoms with Crippen LogP contribution >= 0.6 is 0 Å². The number of nitrogens with zero attached hydrogens (tertiary/aromatic N) is 2. The summed E-state index contributed by atoms with van der Waals surface area (Å²) in [4.78, 5) is 2.79. The van der Waals surface area contributed by atoms with Crippen LogP contribution in [0.25, 0.3) is 0 Å². The lowest BCUT2D eigenvalue weighted by molar-refractivity contribution is -0.924. The Kier molecular flexibility index (Phi) is 2.38. The third kappa shape index (κ3) is 1.29. The van der Waals surface area contributed by atoms with Gasteiger partial charge in [0.05, 0.1) is 25.0 Å². The van der Waals surface area contributed by atoms with Crippen LogP contribution in [0.2, 0.25) is 0 Å². The Morgan fingerprint density at radius 1 is 1.29 bits per heavy atom. The normalized spacial score (nSPS) is 45.9. The van der Waals surface area contributed by atoms with Gasteiger partial charge in [-0.2, -0.15) is 0 Å². The van der Waals surface area contributed by atoms with Gasteiger partial charge in [-0.3, -0.25) is 0 Å². The fourth-order valence-electron chi connectivity index (χ4n) is 7.37. The van der Waals surface area contributed by atoms with Crippen molar-refractivity contribution in [3.63, 3.8) is 0 Å². The van der Waals surface area contributed by atoms with Crippen LogP contribution < -0.4 is 4.90 Å². The van der Waals surface area contributed by atoms with Crippen LogP contribution in [0.4, 0.5) is 5.69 Å². The molecule has 4 heterocycles. The summed E-state index contributed by atoms with van der Waals surface area (Å²) in [5.41, 5.74) is 7.10. The second kappa shape index (κ2) is 4.16. The molecule has 2 saturated heterocycles. The van der Waals surface area contributed by atoms with Crippen LogP contribution in [0.1, 0.15) is 31.7 Å². The molecule has 3 fully saturated rings. The highest BCUT2D eigenvalue weighted by molar-refractivity contribution is 5.70. The number of benzene rings is 1. The number of quaternary nitrogens is 1. The SMILES string of the molecule is C/C=C1\C[N+]2(C)CC[C@]34c5ccccc5N5CCC=C([C@H]1C[C@@H]32)[C@H]54. The summed E-state index contributed by atoms with van der Waals surface area (Å²) < 4.78 is 1.28.